The van der Waals surface area contributed by atoms with Crippen LogP contribution in [-0.4, -0.2) is 27.2 Å². The van der Waals surface area contributed by atoms with Crippen molar-refractivity contribution in [3.05, 3.63) is 107 Å². The van der Waals surface area contributed by atoms with Gasteiger partial charge >= 0.3 is 0 Å². The van der Waals surface area contributed by atoms with Crippen LogP contribution in [0.3, 0.4) is 0 Å². The standard InChI is InChI=1S/C28H27N3O2/c1-4-33-23-12-8-11-22(17-23)26-24-25(21-15-13-19(2)14-16-21)29-30(3)27(24)28(32)31(26)18-20-9-6-5-7-10-20/h5-17,26H,4,18H2,1-3H3/t26-/m0/s1. The minimum atomic E-state index is -0.252. The molecule has 0 spiro atoms. The molecule has 0 aliphatic carbocycles. The number of carbonyl (C=O) groups is 1. The summed E-state index contributed by atoms with van der Waals surface area (Å²) in [6.07, 6.45) is 0. The SMILES string of the molecule is CCOc1cccc([C@H]2c3c(-c4ccc(C)cc4)nn(C)c3C(=O)N2Cc2ccccc2)c1. The van der Waals surface area contributed by atoms with Gasteiger partial charge in [0, 0.05) is 24.7 Å². The van der Waals surface area contributed by atoms with Crippen molar-refractivity contribution >= 4 is 5.91 Å². The Balaban J connectivity index is 1.68. The van der Waals surface area contributed by atoms with Crippen LogP contribution in [0.15, 0.2) is 78.9 Å². The molecule has 1 aliphatic rings. The Morgan fingerprint density at radius 3 is 2.45 bits per heavy atom. The Morgan fingerprint density at radius 2 is 1.73 bits per heavy atom. The molecule has 1 aliphatic heterocycles. The molecular formula is C28H27N3O2. The first-order chi connectivity index (χ1) is 16.1. The minimum Gasteiger partial charge on any atom is -0.494 e. The Morgan fingerprint density at radius 1 is 0.970 bits per heavy atom. The van der Waals surface area contributed by atoms with Gasteiger partial charge in [0.05, 0.1) is 18.3 Å². The lowest BCUT2D eigenvalue weighted by molar-refractivity contribution is 0.0725. The molecule has 4 aromatic rings. The van der Waals surface area contributed by atoms with Gasteiger partial charge in [-0.15, -0.1) is 0 Å². The van der Waals surface area contributed by atoms with Crippen LogP contribution in [0.25, 0.3) is 11.3 Å². The summed E-state index contributed by atoms with van der Waals surface area (Å²) in [5.74, 6) is 0.797. The van der Waals surface area contributed by atoms with Crippen LogP contribution < -0.4 is 4.74 Å². The molecule has 3 aromatic carbocycles. The zero-order chi connectivity index (χ0) is 22.9. The summed E-state index contributed by atoms with van der Waals surface area (Å²) in [6, 6.07) is 26.3. The van der Waals surface area contributed by atoms with Crippen molar-refractivity contribution in [3.63, 3.8) is 0 Å². The average molecular weight is 438 g/mol. The zero-order valence-electron chi connectivity index (χ0n) is 19.2. The number of benzene rings is 3. The summed E-state index contributed by atoms with van der Waals surface area (Å²) in [7, 11) is 1.86. The topological polar surface area (TPSA) is 47.4 Å². The molecule has 0 saturated carbocycles. The van der Waals surface area contributed by atoms with Crippen LogP contribution in [-0.2, 0) is 13.6 Å². The van der Waals surface area contributed by atoms with Crippen LogP contribution in [0.1, 0.15) is 45.7 Å². The van der Waals surface area contributed by atoms with Crippen LogP contribution in [0, 0.1) is 6.92 Å². The number of carbonyl (C=O) groups excluding carboxylic acids is 1. The van der Waals surface area contributed by atoms with Crippen molar-refractivity contribution in [3.8, 4) is 17.0 Å². The van der Waals surface area contributed by atoms with Crippen molar-refractivity contribution < 1.29 is 9.53 Å². The smallest absolute Gasteiger partial charge is 0.273 e. The number of hydrogen-bond acceptors (Lipinski definition) is 3. The van der Waals surface area contributed by atoms with Crippen molar-refractivity contribution in [1.82, 2.24) is 14.7 Å². The maximum atomic E-state index is 13.7. The Kier molecular flexibility index (Phi) is 5.47. The zero-order valence-corrected chi connectivity index (χ0v) is 19.2. The van der Waals surface area contributed by atoms with Crippen molar-refractivity contribution in [2.45, 2.75) is 26.4 Å². The third-order valence-corrected chi connectivity index (χ3v) is 6.14. The number of ether oxygens (including phenoxy) is 1. The summed E-state index contributed by atoms with van der Waals surface area (Å²) < 4.78 is 7.52. The second-order valence-electron chi connectivity index (χ2n) is 8.43. The van der Waals surface area contributed by atoms with E-state index in [1.807, 2.05) is 55.3 Å². The molecule has 2 heterocycles. The predicted molar refractivity (Wildman–Crippen MR) is 129 cm³/mol. The number of aromatic nitrogens is 2. The lowest BCUT2D eigenvalue weighted by Crippen LogP contribution is -2.29. The highest BCUT2D eigenvalue weighted by Gasteiger charge is 2.43. The van der Waals surface area contributed by atoms with E-state index in [2.05, 4.69) is 49.4 Å². The van der Waals surface area contributed by atoms with Crippen LogP contribution in [0.2, 0.25) is 0 Å². The number of hydrogen-bond donors (Lipinski definition) is 0. The fraction of sp³-hybridized carbons (Fsp3) is 0.214. The van der Waals surface area contributed by atoms with E-state index in [1.165, 1.54) is 5.56 Å². The molecule has 0 saturated heterocycles. The van der Waals surface area contributed by atoms with Crippen molar-refractivity contribution in [1.29, 1.82) is 0 Å². The summed E-state index contributed by atoms with van der Waals surface area (Å²) in [5, 5.41) is 4.80. The summed E-state index contributed by atoms with van der Waals surface area (Å²) >= 11 is 0. The quantitative estimate of drug-likeness (QED) is 0.398. The van der Waals surface area contributed by atoms with Crippen molar-refractivity contribution in [2.75, 3.05) is 6.61 Å². The molecule has 5 rings (SSSR count). The molecule has 0 radical (unpaired) electrons. The first-order valence-electron chi connectivity index (χ1n) is 11.3. The highest BCUT2D eigenvalue weighted by molar-refractivity contribution is 6.00. The van der Waals surface area contributed by atoms with Crippen LogP contribution >= 0.6 is 0 Å². The van der Waals surface area contributed by atoms with Gasteiger partial charge in [0.15, 0.2) is 0 Å². The summed E-state index contributed by atoms with van der Waals surface area (Å²) in [6.45, 7) is 5.15. The molecular weight excluding hydrogens is 410 g/mol. The maximum absolute atomic E-state index is 13.7. The van der Waals surface area contributed by atoms with Crippen molar-refractivity contribution in [2.24, 2.45) is 7.05 Å². The van der Waals surface area contributed by atoms with Gasteiger partial charge in [-0.25, -0.2) is 0 Å². The molecule has 0 fully saturated rings. The van der Waals surface area contributed by atoms with Gasteiger partial charge in [0.2, 0.25) is 0 Å². The molecule has 0 bridgehead atoms. The molecule has 5 heteroatoms. The van der Waals surface area contributed by atoms with E-state index in [0.29, 0.717) is 18.8 Å². The Hall–Kier alpha value is -3.86. The second-order valence-corrected chi connectivity index (χ2v) is 8.43. The monoisotopic (exact) mass is 437 g/mol. The van der Waals surface area contributed by atoms with Gasteiger partial charge in [0.1, 0.15) is 11.4 Å². The molecule has 1 atom stereocenters. The van der Waals surface area contributed by atoms with Gasteiger partial charge in [-0.1, -0.05) is 72.3 Å². The van der Waals surface area contributed by atoms with E-state index in [0.717, 1.165) is 33.7 Å². The average Bonchev–Trinajstić information content (AvgIpc) is 3.30. The predicted octanol–water partition coefficient (Wildman–Crippen LogP) is 5.54. The Bertz CT molecular complexity index is 1290. The van der Waals surface area contributed by atoms with E-state index in [-0.39, 0.29) is 11.9 Å². The first-order valence-corrected chi connectivity index (χ1v) is 11.3. The molecule has 0 unspecified atom stereocenters. The van der Waals surface area contributed by atoms with Crippen LogP contribution in [0.4, 0.5) is 0 Å². The van der Waals surface area contributed by atoms with Gasteiger partial charge in [-0.2, -0.15) is 5.10 Å². The third-order valence-electron chi connectivity index (χ3n) is 6.14. The normalized spacial score (nSPS) is 15.1. The summed E-state index contributed by atoms with van der Waals surface area (Å²) in [4.78, 5) is 15.7. The lowest BCUT2D eigenvalue weighted by atomic mass is 9.95. The number of nitrogens with zero attached hydrogens (tertiary/aromatic N) is 3. The minimum absolute atomic E-state index is 0.00553. The number of amides is 1. The molecule has 5 nitrogen and oxygen atoms in total. The molecule has 0 N–H and O–H groups in total. The molecule has 1 amide bonds. The van der Waals surface area contributed by atoms with E-state index in [9.17, 15) is 4.79 Å². The number of rotatable bonds is 6. The Labute approximate surface area is 194 Å². The fourth-order valence-corrected chi connectivity index (χ4v) is 4.62. The molecule has 166 valence electrons. The number of aryl methyl sites for hydroxylation is 2. The maximum Gasteiger partial charge on any atom is 0.273 e. The third kappa shape index (κ3) is 3.80. The highest BCUT2D eigenvalue weighted by atomic mass is 16.5. The highest BCUT2D eigenvalue weighted by Crippen LogP contribution is 2.44. The van der Waals surface area contributed by atoms with E-state index in [1.54, 1.807) is 4.68 Å². The lowest BCUT2D eigenvalue weighted by Gasteiger charge is -2.27. The van der Waals surface area contributed by atoms with Gasteiger partial charge in [0.25, 0.3) is 5.91 Å². The largest absolute Gasteiger partial charge is 0.494 e. The molecule has 33 heavy (non-hydrogen) atoms. The molecule has 1 aromatic heterocycles. The van der Waals surface area contributed by atoms with Gasteiger partial charge < -0.3 is 9.64 Å². The van der Waals surface area contributed by atoms with Crippen LogP contribution in [0.5, 0.6) is 5.75 Å². The number of fused-ring (bicyclic) bond motifs is 1. The second kappa shape index (κ2) is 8.58. The van der Waals surface area contributed by atoms with Gasteiger partial charge in [-0.05, 0) is 37.1 Å². The van der Waals surface area contributed by atoms with E-state index < -0.39 is 0 Å². The summed E-state index contributed by atoms with van der Waals surface area (Å²) in [5.41, 5.74) is 6.76. The van der Waals surface area contributed by atoms with E-state index >= 15 is 0 Å². The van der Waals surface area contributed by atoms with Gasteiger partial charge in [-0.3, -0.25) is 9.48 Å². The van der Waals surface area contributed by atoms with E-state index in [4.69, 9.17) is 9.84 Å². The fourth-order valence-electron chi connectivity index (χ4n) is 4.62. The first kappa shape index (κ1) is 21.0.